The number of amides is 1. The first kappa shape index (κ1) is 14.9. The van der Waals surface area contributed by atoms with Crippen LogP contribution in [0.2, 0.25) is 0 Å². The van der Waals surface area contributed by atoms with Crippen molar-refractivity contribution in [3.63, 3.8) is 0 Å². The predicted molar refractivity (Wildman–Crippen MR) is 75.7 cm³/mol. The van der Waals surface area contributed by atoms with Crippen LogP contribution in [0.1, 0.15) is 19.4 Å². The van der Waals surface area contributed by atoms with Gasteiger partial charge in [0, 0.05) is 28.8 Å². The molecule has 5 heteroatoms. The quantitative estimate of drug-likeness (QED) is 0.821. The first-order valence-electron chi connectivity index (χ1n) is 5.95. The van der Waals surface area contributed by atoms with Gasteiger partial charge in [-0.2, -0.15) is 0 Å². The number of nitrogens with one attached hydrogen (secondary N) is 1. The molecule has 1 aromatic rings. The van der Waals surface area contributed by atoms with E-state index >= 15 is 0 Å². The smallest absolute Gasteiger partial charge is 0.236 e. The highest BCUT2D eigenvalue weighted by Gasteiger charge is 2.09. The van der Waals surface area contributed by atoms with Crippen molar-refractivity contribution in [1.29, 1.82) is 0 Å². The van der Waals surface area contributed by atoms with Crippen molar-refractivity contribution in [3.8, 4) is 0 Å². The van der Waals surface area contributed by atoms with Crippen LogP contribution in [0.3, 0.4) is 0 Å². The molecule has 1 amide bonds. The van der Waals surface area contributed by atoms with Gasteiger partial charge in [0.1, 0.15) is 5.75 Å². The summed E-state index contributed by atoms with van der Waals surface area (Å²) in [6.45, 7) is 4.45. The van der Waals surface area contributed by atoms with Crippen LogP contribution in [0.4, 0.5) is 5.69 Å². The molecule has 0 aliphatic heterocycles. The maximum Gasteiger partial charge on any atom is 0.236 e. The molecule has 0 aliphatic carbocycles. The fourth-order valence-corrected chi connectivity index (χ4v) is 2.72. The fraction of sp³-hybridized carbons (Fsp3) is 0.462. The van der Waals surface area contributed by atoms with E-state index in [2.05, 4.69) is 5.32 Å². The molecule has 0 saturated heterocycles. The van der Waals surface area contributed by atoms with Crippen LogP contribution >= 0.6 is 0 Å². The van der Waals surface area contributed by atoms with Crippen molar-refractivity contribution in [2.45, 2.75) is 20.4 Å². The second-order valence-corrected chi connectivity index (χ2v) is 6.10. The lowest BCUT2D eigenvalue weighted by atomic mass is 10.2. The Morgan fingerprint density at radius 3 is 2.44 bits per heavy atom. The van der Waals surface area contributed by atoms with Crippen molar-refractivity contribution in [3.05, 3.63) is 29.8 Å². The Morgan fingerprint density at radius 2 is 1.94 bits per heavy atom. The van der Waals surface area contributed by atoms with E-state index < -0.39 is 10.8 Å². The second kappa shape index (κ2) is 7.28. The highest BCUT2D eigenvalue weighted by Crippen LogP contribution is 2.09. The first-order valence-corrected chi connectivity index (χ1v) is 7.44. The molecule has 0 aromatic heterocycles. The van der Waals surface area contributed by atoms with E-state index in [-0.39, 0.29) is 11.7 Å². The Morgan fingerprint density at radius 1 is 1.33 bits per heavy atom. The number of benzene rings is 1. The summed E-state index contributed by atoms with van der Waals surface area (Å²) in [5, 5.41) is 2.72. The Labute approximate surface area is 110 Å². The number of carbonyl (C=O) groups excluding carboxylic acids is 1. The van der Waals surface area contributed by atoms with Crippen LogP contribution in [0, 0.1) is 5.92 Å². The zero-order valence-corrected chi connectivity index (χ0v) is 11.6. The van der Waals surface area contributed by atoms with Gasteiger partial charge in [-0.15, -0.1) is 0 Å². The van der Waals surface area contributed by atoms with Gasteiger partial charge in [0.2, 0.25) is 5.91 Å². The largest absolute Gasteiger partial charge is 0.326 e. The number of carbonyl (C=O) groups is 1. The monoisotopic (exact) mass is 268 g/mol. The Kier molecular flexibility index (Phi) is 6.01. The van der Waals surface area contributed by atoms with Crippen LogP contribution in [0.5, 0.6) is 0 Å². The summed E-state index contributed by atoms with van der Waals surface area (Å²) in [5.74, 6) is 0.730. The number of anilines is 1. The molecule has 0 fully saturated rings. The summed E-state index contributed by atoms with van der Waals surface area (Å²) in [4.78, 5) is 11.6. The van der Waals surface area contributed by atoms with E-state index in [9.17, 15) is 9.00 Å². The molecule has 1 unspecified atom stereocenters. The molecule has 0 spiro atoms. The Balaban J connectivity index is 2.46. The van der Waals surface area contributed by atoms with E-state index in [1.165, 1.54) is 0 Å². The molecule has 1 aromatic carbocycles. The molecule has 0 saturated carbocycles. The average molecular weight is 268 g/mol. The van der Waals surface area contributed by atoms with Crippen LogP contribution in [-0.2, 0) is 22.1 Å². The molecule has 3 N–H and O–H groups in total. The van der Waals surface area contributed by atoms with Crippen molar-refractivity contribution in [2.75, 3.05) is 16.8 Å². The summed E-state index contributed by atoms with van der Waals surface area (Å²) >= 11 is 0. The Hall–Kier alpha value is -1.20. The third kappa shape index (κ3) is 5.42. The van der Waals surface area contributed by atoms with Crippen molar-refractivity contribution >= 4 is 22.4 Å². The molecular formula is C13H20N2O2S. The van der Waals surface area contributed by atoms with Gasteiger partial charge in [0.15, 0.2) is 0 Å². The van der Waals surface area contributed by atoms with Crippen molar-refractivity contribution < 1.29 is 9.00 Å². The number of rotatable bonds is 6. The van der Waals surface area contributed by atoms with Gasteiger partial charge in [-0.3, -0.25) is 9.00 Å². The maximum atomic E-state index is 11.6. The summed E-state index contributed by atoms with van der Waals surface area (Å²) < 4.78 is 11.6. The molecule has 4 nitrogen and oxygen atoms in total. The molecule has 1 atom stereocenters. The molecule has 18 heavy (non-hydrogen) atoms. The molecule has 0 bridgehead atoms. The third-order valence-electron chi connectivity index (χ3n) is 2.28. The summed E-state index contributed by atoms with van der Waals surface area (Å²) in [7, 11) is -1.09. The van der Waals surface area contributed by atoms with Crippen molar-refractivity contribution in [2.24, 2.45) is 11.7 Å². The second-order valence-electron chi connectivity index (χ2n) is 4.59. The van der Waals surface area contributed by atoms with Gasteiger partial charge in [0.05, 0.1) is 0 Å². The SMILES string of the molecule is CC(C)CS(=O)CC(=O)Nc1ccc(CN)cc1. The minimum atomic E-state index is -1.09. The van der Waals surface area contributed by atoms with E-state index in [1.807, 2.05) is 26.0 Å². The summed E-state index contributed by atoms with van der Waals surface area (Å²) in [5.41, 5.74) is 7.20. The standard InChI is InChI=1S/C13H20N2O2S/c1-10(2)8-18(17)9-13(16)15-12-5-3-11(7-14)4-6-12/h3-6,10H,7-9,14H2,1-2H3,(H,15,16). The minimum absolute atomic E-state index is 0.0524. The predicted octanol–water partition coefficient (Wildman–Crippen LogP) is 1.49. The van der Waals surface area contributed by atoms with E-state index in [4.69, 9.17) is 5.73 Å². The highest BCUT2D eigenvalue weighted by molar-refractivity contribution is 7.85. The normalized spacial score (nSPS) is 12.4. The van der Waals surface area contributed by atoms with Gasteiger partial charge in [-0.1, -0.05) is 26.0 Å². The van der Waals surface area contributed by atoms with E-state index in [0.717, 1.165) is 5.56 Å². The minimum Gasteiger partial charge on any atom is -0.326 e. The van der Waals surface area contributed by atoms with E-state index in [1.54, 1.807) is 12.1 Å². The van der Waals surface area contributed by atoms with Gasteiger partial charge < -0.3 is 11.1 Å². The number of hydrogen-bond donors (Lipinski definition) is 2. The first-order chi connectivity index (χ1) is 8.51. The molecule has 100 valence electrons. The molecule has 0 aliphatic rings. The Bertz CT molecular complexity index is 416. The van der Waals surface area contributed by atoms with E-state index in [0.29, 0.717) is 23.9 Å². The lowest BCUT2D eigenvalue weighted by molar-refractivity contribution is -0.113. The van der Waals surface area contributed by atoms with Crippen LogP contribution in [-0.4, -0.2) is 21.6 Å². The van der Waals surface area contributed by atoms with Gasteiger partial charge in [0.25, 0.3) is 0 Å². The van der Waals surface area contributed by atoms with Gasteiger partial charge >= 0.3 is 0 Å². The third-order valence-corrected chi connectivity index (χ3v) is 3.91. The molecule has 1 rings (SSSR count). The summed E-state index contributed by atoms with van der Waals surface area (Å²) in [6, 6.07) is 7.32. The highest BCUT2D eigenvalue weighted by atomic mass is 32.2. The van der Waals surface area contributed by atoms with Crippen LogP contribution < -0.4 is 11.1 Å². The lowest BCUT2D eigenvalue weighted by Gasteiger charge is -2.07. The number of nitrogens with two attached hydrogens (primary N) is 1. The lowest BCUT2D eigenvalue weighted by Crippen LogP contribution is -2.22. The average Bonchev–Trinajstić information content (AvgIpc) is 2.28. The molecule has 0 radical (unpaired) electrons. The van der Waals surface area contributed by atoms with Gasteiger partial charge in [-0.05, 0) is 23.6 Å². The number of hydrogen-bond acceptors (Lipinski definition) is 3. The molecular weight excluding hydrogens is 248 g/mol. The van der Waals surface area contributed by atoms with Gasteiger partial charge in [-0.25, -0.2) is 0 Å². The zero-order valence-electron chi connectivity index (χ0n) is 10.8. The van der Waals surface area contributed by atoms with Crippen LogP contribution in [0.25, 0.3) is 0 Å². The van der Waals surface area contributed by atoms with Crippen LogP contribution in [0.15, 0.2) is 24.3 Å². The zero-order chi connectivity index (χ0) is 13.5. The topological polar surface area (TPSA) is 72.2 Å². The molecule has 0 heterocycles. The summed E-state index contributed by atoms with van der Waals surface area (Å²) in [6.07, 6.45) is 0. The fourth-order valence-electron chi connectivity index (χ4n) is 1.50. The van der Waals surface area contributed by atoms with Crippen molar-refractivity contribution in [1.82, 2.24) is 0 Å². The maximum absolute atomic E-state index is 11.6.